The van der Waals surface area contributed by atoms with Crippen LogP contribution in [0.4, 0.5) is 17.6 Å². The second-order valence-electron chi connectivity index (χ2n) is 7.32. The van der Waals surface area contributed by atoms with Gasteiger partial charge in [-0.15, -0.1) is 5.10 Å². The predicted octanol–water partition coefficient (Wildman–Crippen LogP) is 2.77. The van der Waals surface area contributed by atoms with Crippen LogP contribution in [0.15, 0.2) is 30.5 Å². The number of rotatable bonds is 4. The van der Waals surface area contributed by atoms with Crippen molar-refractivity contribution in [1.82, 2.24) is 29.8 Å². The largest absolute Gasteiger partial charge is 0.393 e. The van der Waals surface area contributed by atoms with Crippen molar-refractivity contribution in [3.8, 4) is 0 Å². The first-order valence-corrected chi connectivity index (χ1v) is 9.54. The maximum absolute atomic E-state index is 9.69. The summed E-state index contributed by atoms with van der Waals surface area (Å²) >= 11 is 0. The number of benzene rings is 1. The molecule has 1 aliphatic rings. The van der Waals surface area contributed by atoms with Crippen molar-refractivity contribution in [2.24, 2.45) is 0 Å². The third-order valence-electron chi connectivity index (χ3n) is 5.29. The SMILES string of the molecule is Cc1n[nH]c2cc(Nc3nc4ccnc(NC5CCC(O)CC5)n4n3)ccc12. The summed E-state index contributed by atoms with van der Waals surface area (Å²) in [5.41, 5.74) is 3.55. The number of H-pyrrole nitrogens is 1. The summed E-state index contributed by atoms with van der Waals surface area (Å²) in [5, 5.41) is 29.3. The molecule has 0 atom stereocenters. The first-order valence-electron chi connectivity index (χ1n) is 9.54. The minimum Gasteiger partial charge on any atom is -0.393 e. The Morgan fingerprint density at radius 3 is 2.89 bits per heavy atom. The molecule has 0 radical (unpaired) electrons. The fourth-order valence-electron chi connectivity index (χ4n) is 3.73. The number of anilines is 3. The van der Waals surface area contributed by atoms with Crippen molar-refractivity contribution in [2.75, 3.05) is 10.6 Å². The molecule has 1 aromatic carbocycles. The van der Waals surface area contributed by atoms with Crippen molar-refractivity contribution in [3.05, 3.63) is 36.2 Å². The number of aromatic amines is 1. The minimum absolute atomic E-state index is 0.181. The summed E-state index contributed by atoms with van der Waals surface area (Å²) in [6.07, 6.45) is 5.01. The van der Waals surface area contributed by atoms with Gasteiger partial charge in [0.1, 0.15) is 0 Å². The fourth-order valence-corrected chi connectivity index (χ4v) is 3.73. The van der Waals surface area contributed by atoms with Gasteiger partial charge in [0, 0.05) is 29.4 Å². The maximum atomic E-state index is 9.69. The van der Waals surface area contributed by atoms with Gasteiger partial charge in [0.05, 0.1) is 17.3 Å². The molecule has 1 saturated carbocycles. The van der Waals surface area contributed by atoms with Gasteiger partial charge in [-0.2, -0.15) is 14.6 Å². The van der Waals surface area contributed by atoms with Crippen LogP contribution in [0.2, 0.25) is 0 Å². The summed E-state index contributed by atoms with van der Waals surface area (Å²) in [7, 11) is 0. The Balaban J connectivity index is 1.39. The molecule has 4 aromatic rings. The molecule has 9 heteroatoms. The van der Waals surface area contributed by atoms with Crippen LogP contribution in [0, 0.1) is 6.92 Å². The van der Waals surface area contributed by atoms with E-state index in [4.69, 9.17) is 0 Å². The van der Waals surface area contributed by atoms with Crippen LogP contribution in [0.3, 0.4) is 0 Å². The number of nitrogens with zero attached hydrogens (tertiary/aromatic N) is 5. The fraction of sp³-hybridized carbons (Fsp3) is 0.368. The topological polar surface area (TPSA) is 116 Å². The normalized spacial score (nSPS) is 19.9. The highest BCUT2D eigenvalue weighted by molar-refractivity contribution is 5.84. The van der Waals surface area contributed by atoms with Crippen molar-refractivity contribution >= 4 is 34.1 Å². The second kappa shape index (κ2) is 6.75. The third kappa shape index (κ3) is 3.13. The lowest BCUT2D eigenvalue weighted by Crippen LogP contribution is -2.29. The Kier molecular flexibility index (Phi) is 4.09. The molecule has 0 aliphatic heterocycles. The highest BCUT2D eigenvalue weighted by Gasteiger charge is 2.20. The molecule has 0 unspecified atom stereocenters. The highest BCUT2D eigenvalue weighted by atomic mass is 16.3. The molecule has 9 nitrogen and oxygen atoms in total. The van der Waals surface area contributed by atoms with E-state index in [2.05, 4.69) is 35.9 Å². The van der Waals surface area contributed by atoms with Gasteiger partial charge in [-0.05, 0) is 50.8 Å². The third-order valence-corrected chi connectivity index (χ3v) is 5.29. The molecule has 0 bridgehead atoms. The Labute approximate surface area is 161 Å². The molecular formula is C19H22N8O. The molecule has 1 fully saturated rings. The van der Waals surface area contributed by atoms with Gasteiger partial charge in [0.15, 0.2) is 5.65 Å². The van der Waals surface area contributed by atoms with Crippen LogP contribution in [0.25, 0.3) is 16.6 Å². The van der Waals surface area contributed by atoms with E-state index in [0.29, 0.717) is 17.5 Å². The molecule has 5 rings (SSSR count). The molecule has 0 amide bonds. The smallest absolute Gasteiger partial charge is 0.247 e. The standard InChI is InChI=1S/C19H22N8O/c1-11-15-7-4-13(10-16(15)25-24-11)21-18-23-17-8-9-20-19(27(17)26-18)22-12-2-5-14(28)6-3-12/h4,7-10,12,14,28H,2-3,5-6H2,1H3,(H,20,22)(H,21,26)(H,24,25). The monoisotopic (exact) mass is 378 g/mol. The zero-order valence-corrected chi connectivity index (χ0v) is 15.6. The molecule has 3 aromatic heterocycles. The van der Waals surface area contributed by atoms with E-state index < -0.39 is 0 Å². The number of aryl methyl sites for hydroxylation is 1. The molecule has 4 N–H and O–H groups in total. The second-order valence-corrected chi connectivity index (χ2v) is 7.32. The molecule has 28 heavy (non-hydrogen) atoms. The van der Waals surface area contributed by atoms with Crippen molar-refractivity contribution in [2.45, 2.75) is 44.8 Å². The van der Waals surface area contributed by atoms with E-state index in [1.807, 2.05) is 31.2 Å². The van der Waals surface area contributed by atoms with Gasteiger partial charge in [-0.25, -0.2) is 4.98 Å². The Morgan fingerprint density at radius 1 is 1.18 bits per heavy atom. The van der Waals surface area contributed by atoms with Crippen LogP contribution in [0.1, 0.15) is 31.4 Å². The molecule has 1 aliphatic carbocycles. The first-order chi connectivity index (χ1) is 13.7. The zero-order valence-electron chi connectivity index (χ0n) is 15.6. The van der Waals surface area contributed by atoms with E-state index in [1.54, 1.807) is 10.7 Å². The molecule has 0 saturated heterocycles. The van der Waals surface area contributed by atoms with Gasteiger partial charge >= 0.3 is 0 Å². The van der Waals surface area contributed by atoms with Gasteiger partial charge in [0.25, 0.3) is 0 Å². The van der Waals surface area contributed by atoms with E-state index >= 15 is 0 Å². The first kappa shape index (κ1) is 16.9. The predicted molar refractivity (Wildman–Crippen MR) is 107 cm³/mol. The molecule has 0 spiro atoms. The van der Waals surface area contributed by atoms with Crippen molar-refractivity contribution < 1.29 is 5.11 Å². The number of hydrogen-bond acceptors (Lipinski definition) is 7. The lowest BCUT2D eigenvalue weighted by Gasteiger charge is -2.26. The number of aliphatic hydroxyl groups excluding tert-OH is 1. The van der Waals surface area contributed by atoms with Crippen molar-refractivity contribution in [1.29, 1.82) is 0 Å². The van der Waals surface area contributed by atoms with E-state index in [-0.39, 0.29) is 12.1 Å². The summed E-state index contributed by atoms with van der Waals surface area (Å²) in [4.78, 5) is 8.98. The summed E-state index contributed by atoms with van der Waals surface area (Å²) in [6, 6.07) is 8.12. The lowest BCUT2D eigenvalue weighted by molar-refractivity contribution is 0.126. The Hall–Kier alpha value is -3.20. The number of fused-ring (bicyclic) bond motifs is 2. The van der Waals surface area contributed by atoms with Gasteiger partial charge in [0.2, 0.25) is 11.9 Å². The van der Waals surface area contributed by atoms with Gasteiger partial charge in [-0.1, -0.05) is 0 Å². The van der Waals surface area contributed by atoms with Crippen LogP contribution >= 0.6 is 0 Å². The van der Waals surface area contributed by atoms with Crippen LogP contribution in [-0.2, 0) is 0 Å². The van der Waals surface area contributed by atoms with Crippen LogP contribution in [0.5, 0.6) is 0 Å². The number of hydrogen-bond donors (Lipinski definition) is 4. The summed E-state index contributed by atoms with van der Waals surface area (Å²) < 4.78 is 1.71. The highest BCUT2D eigenvalue weighted by Crippen LogP contribution is 2.24. The minimum atomic E-state index is -0.181. The van der Waals surface area contributed by atoms with Crippen LogP contribution in [-0.4, -0.2) is 47.0 Å². The molecule has 3 heterocycles. The number of nitrogens with one attached hydrogen (secondary N) is 3. The van der Waals surface area contributed by atoms with Crippen LogP contribution < -0.4 is 10.6 Å². The quantitative estimate of drug-likeness (QED) is 0.431. The number of aromatic nitrogens is 6. The average molecular weight is 378 g/mol. The van der Waals surface area contributed by atoms with E-state index in [9.17, 15) is 5.11 Å². The summed E-state index contributed by atoms with van der Waals surface area (Å²) in [6.45, 7) is 1.98. The van der Waals surface area contributed by atoms with Gasteiger partial charge < -0.3 is 15.7 Å². The number of aliphatic hydroxyl groups is 1. The van der Waals surface area contributed by atoms with E-state index in [0.717, 1.165) is 48.0 Å². The molecule has 144 valence electrons. The molecular weight excluding hydrogens is 356 g/mol. The van der Waals surface area contributed by atoms with E-state index in [1.165, 1.54) is 0 Å². The average Bonchev–Trinajstić information content (AvgIpc) is 3.27. The Morgan fingerprint density at radius 2 is 2.04 bits per heavy atom. The lowest BCUT2D eigenvalue weighted by atomic mass is 9.93. The zero-order chi connectivity index (χ0) is 19.1. The van der Waals surface area contributed by atoms with Crippen molar-refractivity contribution in [3.63, 3.8) is 0 Å². The van der Waals surface area contributed by atoms with Gasteiger partial charge in [-0.3, -0.25) is 5.10 Å². The maximum Gasteiger partial charge on any atom is 0.247 e. The Bertz CT molecular complexity index is 1130. The summed E-state index contributed by atoms with van der Waals surface area (Å²) in [5.74, 6) is 1.17.